The number of hydrogen-bond donors (Lipinski definition) is 1. The van der Waals surface area contributed by atoms with Crippen LogP contribution in [-0.4, -0.2) is 32.8 Å². The molecule has 4 aromatic rings. The number of hydrogen-bond acceptors (Lipinski definition) is 5. The van der Waals surface area contributed by atoms with Crippen LogP contribution in [0, 0.1) is 0 Å². The number of para-hydroxylation sites is 1. The molecule has 1 fully saturated rings. The van der Waals surface area contributed by atoms with Crippen LogP contribution in [0.25, 0.3) is 17.0 Å². The van der Waals surface area contributed by atoms with Crippen molar-refractivity contribution >= 4 is 68.7 Å². The largest absolute Gasteiger partial charge is 0.497 e. The number of thiocarbonyl (C=S) groups is 1. The van der Waals surface area contributed by atoms with Gasteiger partial charge in [-0.2, -0.15) is 5.01 Å². The van der Waals surface area contributed by atoms with Crippen LogP contribution in [0.5, 0.6) is 5.75 Å². The maximum absolute atomic E-state index is 13.1. The second kappa shape index (κ2) is 10.2. The summed E-state index contributed by atoms with van der Waals surface area (Å²) < 4.78 is 7.52. The molecule has 0 radical (unpaired) electrons. The molecule has 9 heteroatoms. The number of rotatable bonds is 6. The Morgan fingerprint density at radius 2 is 1.81 bits per heavy atom. The van der Waals surface area contributed by atoms with Crippen LogP contribution in [-0.2, 0) is 11.3 Å². The first-order chi connectivity index (χ1) is 17.4. The fourth-order valence-electron chi connectivity index (χ4n) is 3.92. The second-order valence-corrected chi connectivity index (χ2v) is 10.2. The van der Waals surface area contributed by atoms with Gasteiger partial charge in [0.1, 0.15) is 5.75 Å². The summed E-state index contributed by atoms with van der Waals surface area (Å²) in [4.78, 5) is 26.3. The van der Waals surface area contributed by atoms with Gasteiger partial charge in [0.25, 0.3) is 11.8 Å². The minimum Gasteiger partial charge on any atom is -0.497 e. The van der Waals surface area contributed by atoms with E-state index in [9.17, 15) is 9.59 Å². The molecule has 6 nitrogen and oxygen atoms in total. The van der Waals surface area contributed by atoms with Gasteiger partial charge in [-0.1, -0.05) is 53.7 Å². The predicted molar refractivity (Wildman–Crippen MR) is 148 cm³/mol. The van der Waals surface area contributed by atoms with Gasteiger partial charge in [0.05, 0.1) is 12.0 Å². The van der Waals surface area contributed by atoms with Crippen LogP contribution in [0.1, 0.15) is 21.5 Å². The quantitative estimate of drug-likeness (QED) is 0.247. The number of thioether (sulfide) groups is 1. The molecule has 1 N–H and O–H groups in total. The van der Waals surface area contributed by atoms with Crippen LogP contribution in [0.2, 0.25) is 5.02 Å². The zero-order valence-electron chi connectivity index (χ0n) is 19.1. The number of ether oxygens (including phenoxy) is 1. The number of nitrogens with one attached hydrogen (secondary N) is 1. The van der Waals surface area contributed by atoms with E-state index in [0.717, 1.165) is 38.8 Å². The first-order valence-corrected chi connectivity index (χ1v) is 12.6. The lowest BCUT2D eigenvalue weighted by molar-refractivity contribution is -0.123. The van der Waals surface area contributed by atoms with Gasteiger partial charge in [-0.3, -0.25) is 15.0 Å². The highest BCUT2D eigenvalue weighted by Crippen LogP contribution is 2.34. The van der Waals surface area contributed by atoms with Crippen molar-refractivity contribution in [2.75, 3.05) is 7.11 Å². The van der Waals surface area contributed by atoms with Gasteiger partial charge in [-0.05, 0) is 66.3 Å². The van der Waals surface area contributed by atoms with Crippen molar-refractivity contribution in [3.05, 3.63) is 106 Å². The van der Waals surface area contributed by atoms with Crippen LogP contribution in [0.15, 0.2) is 83.9 Å². The maximum Gasteiger partial charge on any atom is 0.285 e. The molecule has 180 valence electrons. The smallest absolute Gasteiger partial charge is 0.285 e. The SMILES string of the molecule is COc1ccc(C(=O)NN2C(=O)/C(=C/c3cn(Cc4ccc(Cl)cc4)c4ccccc34)SC2=S)cc1. The minimum absolute atomic E-state index is 0.262. The highest BCUT2D eigenvalue weighted by molar-refractivity contribution is 8.26. The highest BCUT2D eigenvalue weighted by atomic mass is 35.5. The number of amides is 2. The molecular formula is C27H20ClN3O3S2. The van der Waals surface area contributed by atoms with E-state index in [-0.39, 0.29) is 10.2 Å². The summed E-state index contributed by atoms with van der Waals surface area (Å²) in [6, 6.07) is 22.3. The van der Waals surface area contributed by atoms with E-state index >= 15 is 0 Å². The van der Waals surface area contributed by atoms with E-state index < -0.39 is 5.91 Å². The van der Waals surface area contributed by atoms with Crippen molar-refractivity contribution in [3.63, 3.8) is 0 Å². The third kappa shape index (κ3) is 4.88. The van der Waals surface area contributed by atoms with Crippen LogP contribution < -0.4 is 10.2 Å². The molecule has 1 aliphatic heterocycles. The number of fused-ring (bicyclic) bond motifs is 1. The molecule has 1 aromatic heterocycles. The number of methoxy groups -OCH3 is 1. The molecule has 5 rings (SSSR count). The Bertz CT molecular complexity index is 1510. The number of nitrogens with zero attached hydrogens (tertiary/aromatic N) is 2. The summed E-state index contributed by atoms with van der Waals surface area (Å²) in [5.74, 6) is -0.175. The molecule has 3 aromatic carbocycles. The third-order valence-corrected chi connectivity index (χ3v) is 7.29. The van der Waals surface area contributed by atoms with Gasteiger partial charge in [-0.15, -0.1) is 0 Å². The minimum atomic E-state index is -0.435. The van der Waals surface area contributed by atoms with E-state index in [4.69, 9.17) is 28.6 Å². The van der Waals surface area contributed by atoms with E-state index in [1.54, 1.807) is 31.4 Å². The van der Waals surface area contributed by atoms with Crippen molar-refractivity contribution in [3.8, 4) is 5.75 Å². The normalized spacial score (nSPS) is 14.6. The standard InChI is InChI=1S/C27H20ClN3O3S2/c1-34-21-12-8-18(9-13-21)25(32)29-31-26(33)24(36-27(31)35)14-19-16-30(23-5-3-2-4-22(19)23)15-17-6-10-20(28)11-7-17/h2-14,16H,15H2,1H3,(H,29,32)/b24-14-. The fraction of sp³-hybridized carbons (Fsp3) is 0.0741. The molecule has 36 heavy (non-hydrogen) atoms. The van der Waals surface area contributed by atoms with Gasteiger partial charge < -0.3 is 9.30 Å². The number of aromatic nitrogens is 1. The molecule has 2 amide bonds. The lowest BCUT2D eigenvalue weighted by atomic mass is 10.1. The topological polar surface area (TPSA) is 63.6 Å². The second-order valence-electron chi connectivity index (χ2n) is 8.04. The molecule has 0 bridgehead atoms. The molecule has 0 unspecified atom stereocenters. The Balaban J connectivity index is 1.39. The van der Waals surface area contributed by atoms with Crippen LogP contribution in [0.4, 0.5) is 0 Å². The van der Waals surface area contributed by atoms with Crippen LogP contribution >= 0.6 is 35.6 Å². The number of benzene rings is 3. The Morgan fingerprint density at radius 1 is 1.08 bits per heavy atom. The van der Waals surface area contributed by atoms with Gasteiger partial charge in [0.2, 0.25) is 0 Å². The van der Waals surface area contributed by atoms with Gasteiger partial charge in [-0.25, -0.2) is 0 Å². The monoisotopic (exact) mass is 533 g/mol. The summed E-state index contributed by atoms with van der Waals surface area (Å²) in [5.41, 5.74) is 6.05. The van der Waals surface area contributed by atoms with Gasteiger partial charge >= 0.3 is 0 Å². The average Bonchev–Trinajstić information content (AvgIpc) is 3.37. The number of carbonyl (C=O) groups is 2. The van der Waals surface area contributed by atoms with Crippen LogP contribution in [0.3, 0.4) is 0 Å². The predicted octanol–water partition coefficient (Wildman–Crippen LogP) is 5.90. The molecule has 1 aliphatic rings. The summed E-state index contributed by atoms with van der Waals surface area (Å²) in [7, 11) is 1.55. The molecule has 0 atom stereocenters. The number of halogens is 1. The Morgan fingerprint density at radius 3 is 2.53 bits per heavy atom. The maximum atomic E-state index is 13.1. The highest BCUT2D eigenvalue weighted by Gasteiger charge is 2.34. The number of hydrazine groups is 1. The van der Waals surface area contributed by atoms with Crippen molar-refractivity contribution in [1.29, 1.82) is 0 Å². The molecule has 0 aliphatic carbocycles. The van der Waals surface area contributed by atoms with Gasteiger partial charge in [0, 0.05) is 39.8 Å². The lowest BCUT2D eigenvalue weighted by Gasteiger charge is -2.15. The molecule has 2 heterocycles. The van der Waals surface area contributed by atoms with E-state index in [1.165, 1.54) is 0 Å². The van der Waals surface area contributed by atoms with E-state index in [1.807, 2.05) is 60.8 Å². The molecular weight excluding hydrogens is 514 g/mol. The van der Waals surface area contributed by atoms with Crippen molar-refractivity contribution < 1.29 is 14.3 Å². The zero-order valence-corrected chi connectivity index (χ0v) is 21.5. The molecule has 0 spiro atoms. The Labute approximate surface area is 222 Å². The fourth-order valence-corrected chi connectivity index (χ4v) is 5.22. The first-order valence-electron chi connectivity index (χ1n) is 11.0. The Kier molecular flexibility index (Phi) is 6.82. The first kappa shape index (κ1) is 24.1. The van der Waals surface area contributed by atoms with E-state index in [0.29, 0.717) is 27.8 Å². The average molecular weight is 534 g/mol. The van der Waals surface area contributed by atoms with E-state index in [2.05, 4.69) is 9.99 Å². The summed E-state index contributed by atoms with van der Waals surface area (Å²) in [6.45, 7) is 0.657. The summed E-state index contributed by atoms with van der Waals surface area (Å²) in [6.07, 6.45) is 3.83. The summed E-state index contributed by atoms with van der Waals surface area (Å²) in [5, 5.41) is 2.82. The number of carbonyl (C=O) groups excluding carboxylic acids is 2. The van der Waals surface area contributed by atoms with Gasteiger partial charge in [0.15, 0.2) is 4.32 Å². The van der Waals surface area contributed by atoms with Crippen molar-refractivity contribution in [2.24, 2.45) is 0 Å². The molecule has 1 saturated heterocycles. The third-order valence-electron chi connectivity index (χ3n) is 5.73. The lowest BCUT2D eigenvalue weighted by Crippen LogP contribution is -2.44. The Hall–Kier alpha value is -3.59. The molecule has 0 saturated carbocycles. The zero-order chi connectivity index (χ0) is 25.2. The van der Waals surface area contributed by atoms with Crippen molar-refractivity contribution in [1.82, 2.24) is 15.0 Å². The summed E-state index contributed by atoms with van der Waals surface area (Å²) >= 11 is 12.6. The van der Waals surface area contributed by atoms with Crippen molar-refractivity contribution in [2.45, 2.75) is 6.54 Å².